The van der Waals surface area contributed by atoms with Crippen LogP contribution in [0.4, 0.5) is 0 Å². The minimum atomic E-state index is -1.50. The predicted octanol–water partition coefficient (Wildman–Crippen LogP) is 1.57. The lowest BCUT2D eigenvalue weighted by molar-refractivity contribution is -0.131. The lowest BCUT2D eigenvalue weighted by Crippen LogP contribution is -2.11. The van der Waals surface area contributed by atoms with E-state index in [9.17, 15) is 9.59 Å². The highest BCUT2D eigenvalue weighted by molar-refractivity contribution is 6.38. The monoisotopic (exact) mass is 170 g/mol. The molecule has 0 amide bonds. The summed E-state index contributed by atoms with van der Waals surface area (Å²) in [5.41, 5.74) is 0. The molecule has 0 fully saturated rings. The molecule has 0 aliphatic carbocycles. The highest BCUT2D eigenvalue weighted by atomic mass is 16.4. The lowest BCUT2D eigenvalue weighted by atomic mass is 10.3. The number of carbonyl (C=O) groups excluding carboxylic acids is 1. The van der Waals surface area contributed by atoms with Gasteiger partial charge in [-0.3, -0.25) is 4.79 Å². The summed E-state index contributed by atoms with van der Waals surface area (Å²) in [4.78, 5) is 20.5. The maximum atomic E-state index is 10.5. The van der Waals surface area contributed by atoms with Gasteiger partial charge in [0.15, 0.2) is 5.76 Å². The number of hydrogen-bond donors (Lipinski definition) is 1. The van der Waals surface area contributed by atoms with Gasteiger partial charge in [0.1, 0.15) is 0 Å². The fourth-order valence-corrected chi connectivity index (χ4v) is 0.513. The van der Waals surface area contributed by atoms with Crippen LogP contribution in [-0.4, -0.2) is 16.9 Å². The lowest BCUT2D eigenvalue weighted by Gasteiger charge is -1.84. The fourth-order valence-electron chi connectivity index (χ4n) is 0.513. The molecule has 0 radical (unpaired) electrons. The molecule has 4 heteroatoms. The third-order valence-corrected chi connectivity index (χ3v) is 0.939. The van der Waals surface area contributed by atoms with Crippen molar-refractivity contribution < 1.29 is 19.1 Å². The fraction of sp³-hybridized carbons (Fsp3) is 0.250. The SMILES string of the molecule is CC.O=C(O)C(=O)c1ccco1. The van der Waals surface area contributed by atoms with Crippen molar-refractivity contribution >= 4 is 11.8 Å². The Morgan fingerprint density at radius 2 is 2.00 bits per heavy atom. The number of hydrogen-bond acceptors (Lipinski definition) is 3. The summed E-state index contributed by atoms with van der Waals surface area (Å²) in [6.45, 7) is 4.00. The van der Waals surface area contributed by atoms with Gasteiger partial charge in [-0.05, 0) is 12.1 Å². The van der Waals surface area contributed by atoms with Crippen molar-refractivity contribution in [2.24, 2.45) is 0 Å². The topological polar surface area (TPSA) is 67.5 Å². The van der Waals surface area contributed by atoms with Gasteiger partial charge in [-0.25, -0.2) is 4.79 Å². The van der Waals surface area contributed by atoms with Crippen LogP contribution in [0.1, 0.15) is 24.4 Å². The maximum absolute atomic E-state index is 10.5. The van der Waals surface area contributed by atoms with E-state index in [2.05, 4.69) is 4.42 Å². The molecule has 1 aromatic heterocycles. The first-order valence-corrected chi connectivity index (χ1v) is 3.53. The van der Waals surface area contributed by atoms with Crippen molar-refractivity contribution in [3.8, 4) is 0 Å². The summed E-state index contributed by atoms with van der Waals surface area (Å²) in [5, 5.41) is 8.14. The molecule has 0 bridgehead atoms. The Hall–Kier alpha value is -1.58. The first-order chi connectivity index (χ1) is 5.72. The number of aliphatic carboxylic acids is 1. The molecule has 0 atom stereocenters. The van der Waals surface area contributed by atoms with Crippen LogP contribution in [0.2, 0.25) is 0 Å². The first-order valence-electron chi connectivity index (χ1n) is 3.53. The van der Waals surface area contributed by atoms with Gasteiger partial charge in [0, 0.05) is 0 Å². The molecule has 12 heavy (non-hydrogen) atoms. The van der Waals surface area contributed by atoms with Gasteiger partial charge in [0.25, 0.3) is 0 Å². The molecule has 4 nitrogen and oxygen atoms in total. The van der Waals surface area contributed by atoms with Crippen LogP contribution in [0.3, 0.4) is 0 Å². The molecule has 1 rings (SSSR count). The van der Waals surface area contributed by atoms with E-state index >= 15 is 0 Å². The molecule has 0 saturated carbocycles. The highest BCUT2D eigenvalue weighted by Crippen LogP contribution is 2.00. The molecule has 0 aliphatic heterocycles. The van der Waals surface area contributed by atoms with Crippen LogP contribution in [-0.2, 0) is 4.79 Å². The van der Waals surface area contributed by atoms with Crippen LogP contribution in [0.25, 0.3) is 0 Å². The zero-order valence-corrected chi connectivity index (χ0v) is 6.90. The van der Waals surface area contributed by atoms with Crippen molar-refractivity contribution in [1.29, 1.82) is 0 Å². The molecule has 0 spiro atoms. The average molecular weight is 170 g/mol. The Kier molecular flexibility index (Phi) is 4.45. The van der Waals surface area contributed by atoms with E-state index in [0.29, 0.717) is 0 Å². The van der Waals surface area contributed by atoms with Crippen LogP contribution in [0.5, 0.6) is 0 Å². The Bertz CT molecular complexity index is 248. The average Bonchev–Trinajstić information content (AvgIpc) is 2.58. The standard InChI is InChI=1S/C6H4O4.C2H6/c7-5(6(8)9)4-2-1-3-10-4;1-2/h1-3H,(H,8,9);1-2H3. The summed E-state index contributed by atoms with van der Waals surface area (Å²) in [6.07, 6.45) is 1.25. The number of carbonyl (C=O) groups is 2. The smallest absolute Gasteiger partial charge is 0.380 e. The van der Waals surface area contributed by atoms with Gasteiger partial charge in [0.2, 0.25) is 0 Å². The van der Waals surface area contributed by atoms with E-state index in [1.807, 2.05) is 13.8 Å². The summed E-state index contributed by atoms with van der Waals surface area (Å²) < 4.78 is 4.53. The van der Waals surface area contributed by atoms with E-state index < -0.39 is 11.8 Å². The first kappa shape index (κ1) is 10.4. The van der Waals surface area contributed by atoms with Gasteiger partial charge < -0.3 is 9.52 Å². The number of carboxylic acid groups (broad SMARTS) is 1. The predicted molar refractivity (Wildman–Crippen MR) is 42.0 cm³/mol. The van der Waals surface area contributed by atoms with Gasteiger partial charge in [-0.2, -0.15) is 0 Å². The quantitative estimate of drug-likeness (QED) is 0.540. The normalized spacial score (nSPS) is 8.17. The van der Waals surface area contributed by atoms with E-state index in [-0.39, 0.29) is 5.76 Å². The summed E-state index contributed by atoms with van der Waals surface area (Å²) in [7, 11) is 0. The minimum absolute atomic E-state index is 0.146. The van der Waals surface area contributed by atoms with Crippen molar-refractivity contribution in [1.82, 2.24) is 0 Å². The molecule has 0 aromatic carbocycles. The third-order valence-electron chi connectivity index (χ3n) is 0.939. The van der Waals surface area contributed by atoms with Crippen molar-refractivity contribution in [3.63, 3.8) is 0 Å². The van der Waals surface area contributed by atoms with Crippen LogP contribution < -0.4 is 0 Å². The molecule has 1 N–H and O–H groups in total. The van der Waals surface area contributed by atoms with Gasteiger partial charge >= 0.3 is 11.8 Å². The van der Waals surface area contributed by atoms with E-state index in [1.165, 1.54) is 18.4 Å². The Balaban J connectivity index is 0.000000561. The summed E-state index contributed by atoms with van der Waals surface area (Å²) in [5.74, 6) is -2.67. The molecule has 1 heterocycles. The third kappa shape index (κ3) is 2.57. The maximum Gasteiger partial charge on any atom is 0.380 e. The zero-order chi connectivity index (χ0) is 9.56. The van der Waals surface area contributed by atoms with E-state index in [1.54, 1.807) is 0 Å². The Morgan fingerprint density at radius 1 is 1.42 bits per heavy atom. The largest absolute Gasteiger partial charge is 0.475 e. The highest BCUT2D eigenvalue weighted by Gasteiger charge is 2.16. The number of rotatable bonds is 2. The van der Waals surface area contributed by atoms with Gasteiger partial charge in [0.05, 0.1) is 6.26 Å². The Labute approximate surface area is 69.8 Å². The number of Topliss-reactive ketones (excluding diaryl/α,β-unsaturated/α-hetero) is 1. The van der Waals surface area contributed by atoms with Crippen molar-refractivity contribution in [3.05, 3.63) is 24.2 Å². The molecule has 0 saturated heterocycles. The van der Waals surface area contributed by atoms with Gasteiger partial charge in [-0.1, -0.05) is 13.8 Å². The summed E-state index contributed by atoms with van der Waals surface area (Å²) >= 11 is 0. The second-order valence-electron chi connectivity index (χ2n) is 1.61. The van der Waals surface area contributed by atoms with Crippen molar-refractivity contribution in [2.45, 2.75) is 13.8 Å². The second-order valence-corrected chi connectivity index (χ2v) is 1.61. The minimum Gasteiger partial charge on any atom is -0.475 e. The number of ketones is 1. The number of furan rings is 1. The molecule has 0 unspecified atom stereocenters. The molecule has 0 aliphatic rings. The van der Waals surface area contributed by atoms with Gasteiger partial charge in [-0.15, -0.1) is 0 Å². The van der Waals surface area contributed by atoms with Crippen LogP contribution in [0.15, 0.2) is 22.8 Å². The molecular formula is C8H10O4. The van der Waals surface area contributed by atoms with E-state index in [4.69, 9.17) is 5.11 Å². The summed E-state index contributed by atoms with van der Waals surface area (Å²) in [6, 6.07) is 2.76. The van der Waals surface area contributed by atoms with E-state index in [0.717, 1.165) is 0 Å². The van der Waals surface area contributed by atoms with Crippen LogP contribution >= 0.6 is 0 Å². The molecule has 66 valence electrons. The zero-order valence-electron chi connectivity index (χ0n) is 6.90. The molecule has 1 aromatic rings. The molecular weight excluding hydrogens is 160 g/mol. The van der Waals surface area contributed by atoms with Crippen LogP contribution in [0, 0.1) is 0 Å². The second kappa shape index (κ2) is 5.12. The van der Waals surface area contributed by atoms with Crippen molar-refractivity contribution in [2.75, 3.05) is 0 Å². The number of carboxylic acids is 1. The Morgan fingerprint density at radius 3 is 2.33 bits per heavy atom.